The van der Waals surface area contributed by atoms with Crippen LogP contribution in [0.5, 0.6) is 5.75 Å². The molecule has 0 spiro atoms. The predicted octanol–water partition coefficient (Wildman–Crippen LogP) is 6.41. The van der Waals surface area contributed by atoms with Crippen LogP contribution in [0.4, 0.5) is 0 Å². The van der Waals surface area contributed by atoms with E-state index in [2.05, 4.69) is 50.4 Å². The first-order valence-corrected chi connectivity index (χ1v) is 10.6. The highest BCUT2D eigenvalue weighted by Crippen LogP contribution is 2.25. The topological polar surface area (TPSA) is 38.3 Å². The Kier molecular flexibility index (Phi) is 6.96. The Bertz CT molecular complexity index is 1030. The second-order valence-electron chi connectivity index (χ2n) is 8.76. The largest absolute Gasteiger partial charge is 0.497 e. The van der Waals surface area contributed by atoms with E-state index in [1.54, 1.807) is 7.11 Å². The molecule has 0 radical (unpaired) electrons. The van der Waals surface area contributed by atoms with Crippen molar-refractivity contribution in [3.8, 4) is 5.75 Å². The van der Waals surface area contributed by atoms with E-state index in [0.717, 1.165) is 22.4 Å². The lowest BCUT2D eigenvalue weighted by Crippen LogP contribution is -2.27. The summed E-state index contributed by atoms with van der Waals surface area (Å²) in [6.07, 6.45) is 1.92. The van der Waals surface area contributed by atoms with Gasteiger partial charge in [0.05, 0.1) is 13.2 Å². The fourth-order valence-corrected chi connectivity index (χ4v) is 3.39. The molecule has 1 unspecified atom stereocenters. The molecule has 1 N–H and O–H groups in total. The molecular formula is C28H31NO2. The van der Waals surface area contributed by atoms with Crippen LogP contribution in [0.3, 0.4) is 0 Å². The second-order valence-corrected chi connectivity index (χ2v) is 8.76. The van der Waals surface area contributed by atoms with Crippen molar-refractivity contribution in [1.29, 1.82) is 0 Å². The van der Waals surface area contributed by atoms with Crippen molar-refractivity contribution in [3.05, 3.63) is 101 Å². The number of benzene rings is 3. The third-order valence-electron chi connectivity index (χ3n) is 5.38. The monoisotopic (exact) mass is 413 g/mol. The van der Waals surface area contributed by atoms with E-state index in [4.69, 9.17) is 4.74 Å². The van der Waals surface area contributed by atoms with Gasteiger partial charge in [-0.1, -0.05) is 87.5 Å². The van der Waals surface area contributed by atoms with Gasteiger partial charge in [-0.05, 0) is 52.8 Å². The Morgan fingerprint density at radius 2 is 1.52 bits per heavy atom. The molecule has 0 aliphatic heterocycles. The quantitative estimate of drug-likeness (QED) is 0.374. The summed E-state index contributed by atoms with van der Waals surface area (Å²) >= 11 is 0. The highest BCUT2D eigenvalue weighted by Gasteiger charge is 2.17. The highest BCUT2D eigenvalue weighted by molar-refractivity contribution is 6.24. The third-order valence-corrected chi connectivity index (χ3v) is 5.38. The zero-order valence-corrected chi connectivity index (χ0v) is 19.0. The van der Waals surface area contributed by atoms with Crippen molar-refractivity contribution in [2.45, 2.75) is 39.2 Å². The van der Waals surface area contributed by atoms with Crippen molar-refractivity contribution >= 4 is 17.6 Å². The lowest BCUT2D eigenvalue weighted by Gasteiger charge is -2.21. The van der Waals surface area contributed by atoms with E-state index in [1.807, 2.05) is 67.6 Å². The number of carbonyl (C=O) groups excluding carboxylic acids is 1. The summed E-state index contributed by atoms with van der Waals surface area (Å²) in [6.45, 7) is 8.61. The molecule has 1 amide bonds. The maximum Gasteiger partial charge on any atom is 0.252 e. The molecule has 0 bridgehead atoms. The number of hydrogen-bond acceptors (Lipinski definition) is 2. The molecule has 3 aromatic rings. The fourth-order valence-electron chi connectivity index (χ4n) is 3.39. The van der Waals surface area contributed by atoms with Gasteiger partial charge in [0.15, 0.2) is 0 Å². The maximum atomic E-state index is 13.3. The van der Waals surface area contributed by atoms with Gasteiger partial charge in [-0.15, -0.1) is 0 Å². The molecule has 3 aromatic carbocycles. The Labute approximate surface area is 185 Å². The van der Waals surface area contributed by atoms with Crippen LogP contribution in [0.1, 0.15) is 56.0 Å². The van der Waals surface area contributed by atoms with Crippen molar-refractivity contribution in [3.63, 3.8) is 0 Å². The maximum absolute atomic E-state index is 13.3. The smallest absolute Gasteiger partial charge is 0.252 e. The fraction of sp³-hybridized carbons (Fsp3) is 0.250. The van der Waals surface area contributed by atoms with Crippen molar-refractivity contribution in [2.75, 3.05) is 7.11 Å². The predicted molar refractivity (Wildman–Crippen MR) is 129 cm³/mol. The number of nitrogens with one attached hydrogen (secondary N) is 1. The van der Waals surface area contributed by atoms with Gasteiger partial charge >= 0.3 is 0 Å². The van der Waals surface area contributed by atoms with E-state index >= 15 is 0 Å². The first-order chi connectivity index (χ1) is 14.8. The Morgan fingerprint density at radius 3 is 2.06 bits per heavy atom. The summed E-state index contributed by atoms with van der Waals surface area (Å²) in [5.74, 6) is 0.685. The van der Waals surface area contributed by atoms with Crippen LogP contribution < -0.4 is 10.1 Å². The van der Waals surface area contributed by atoms with Crippen LogP contribution in [0, 0.1) is 0 Å². The minimum atomic E-state index is -0.107. The Hall–Kier alpha value is -3.33. The molecule has 0 aliphatic carbocycles. The molecule has 0 aromatic heterocycles. The van der Waals surface area contributed by atoms with Gasteiger partial charge in [0.1, 0.15) is 5.75 Å². The van der Waals surface area contributed by atoms with Gasteiger partial charge < -0.3 is 10.1 Å². The SMILES string of the molecule is COc1ccc(/C=C(/C(=O)NC(C)c2ccc(C(C)(C)C)cc2)c2ccccc2)cc1. The van der Waals surface area contributed by atoms with Crippen molar-refractivity contribution < 1.29 is 9.53 Å². The zero-order valence-electron chi connectivity index (χ0n) is 19.0. The number of amides is 1. The molecule has 160 valence electrons. The van der Waals surface area contributed by atoms with Gasteiger partial charge in [0.2, 0.25) is 0 Å². The van der Waals surface area contributed by atoms with Crippen LogP contribution in [-0.2, 0) is 10.2 Å². The number of ether oxygens (including phenoxy) is 1. The standard InChI is InChI=1S/C28H31NO2/c1-20(22-13-15-24(16-14-22)28(2,3)4)29-27(30)26(23-9-7-6-8-10-23)19-21-11-17-25(31-5)18-12-21/h6-20H,1-5H3,(H,29,30)/b26-19+. The average molecular weight is 414 g/mol. The van der Waals surface area contributed by atoms with E-state index < -0.39 is 0 Å². The van der Waals surface area contributed by atoms with Crippen LogP contribution >= 0.6 is 0 Å². The van der Waals surface area contributed by atoms with E-state index in [1.165, 1.54) is 5.56 Å². The highest BCUT2D eigenvalue weighted by atomic mass is 16.5. The molecule has 0 aliphatic rings. The molecular weight excluding hydrogens is 382 g/mol. The van der Waals surface area contributed by atoms with Crippen LogP contribution in [0.25, 0.3) is 11.6 Å². The summed E-state index contributed by atoms with van der Waals surface area (Å²) in [7, 11) is 1.64. The van der Waals surface area contributed by atoms with E-state index in [0.29, 0.717) is 5.57 Å². The summed E-state index contributed by atoms with van der Waals surface area (Å²) in [5, 5.41) is 3.16. The Morgan fingerprint density at radius 1 is 0.903 bits per heavy atom. The summed E-state index contributed by atoms with van der Waals surface area (Å²) < 4.78 is 5.24. The average Bonchev–Trinajstić information content (AvgIpc) is 2.78. The van der Waals surface area contributed by atoms with Crippen molar-refractivity contribution in [1.82, 2.24) is 5.32 Å². The van der Waals surface area contributed by atoms with Gasteiger partial charge in [0, 0.05) is 5.57 Å². The molecule has 3 nitrogen and oxygen atoms in total. The summed E-state index contributed by atoms with van der Waals surface area (Å²) in [6, 6.07) is 25.8. The third kappa shape index (κ3) is 5.85. The molecule has 0 fully saturated rings. The zero-order chi connectivity index (χ0) is 22.4. The molecule has 0 saturated heterocycles. The minimum absolute atomic E-state index is 0.102. The summed E-state index contributed by atoms with van der Waals surface area (Å²) in [5.41, 5.74) is 4.91. The van der Waals surface area contributed by atoms with Crippen LogP contribution in [0.15, 0.2) is 78.9 Å². The van der Waals surface area contributed by atoms with Gasteiger partial charge in [-0.2, -0.15) is 0 Å². The number of carbonyl (C=O) groups is 1. The first kappa shape index (κ1) is 22.4. The molecule has 3 rings (SSSR count). The summed E-state index contributed by atoms with van der Waals surface area (Å²) in [4.78, 5) is 13.3. The number of hydrogen-bond donors (Lipinski definition) is 1. The van der Waals surface area contributed by atoms with Gasteiger partial charge in [-0.25, -0.2) is 0 Å². The van der Waals surface area contributed by atoms with E-state index in [9.17, 15) is 4.79 Å². The number of methoxy groups -OCH3 is 1. The molecule has 1 atom stereocenters. The first-order valence-electron chi connectivity index (χ1n) is 10.6. The molecule has 0 heterocycles. The Balaban J connectivity index is 1.85. The lowest BCUT2D eigenvalue weighted by molar-refractivity contribution is -0.116. The van der Waals surface area contributed by atoms with E-state index in [-0.39, 0.29) is 17.4 Å². The lowest BCUT2D eigenvalue weighted by atomic mass is 9.86. The van der Waals surface area contributed by atoms with Crippen molar-refractivity contribution in [2.24, 2.45) is 0 Å². The molecule has 31 heavy (non-hydrogen) atoms. The second kappa shape index (κ2) is 9.65. The van der Waals surface area contributed by atoms with Gasteiger partial charge in [0.25, 0.3) is 5.91 Å². The van der Waals surface area contributed by atoms with Crippen LogP contribution in [0.2, 0.25) is 0 Å². The van der Waals surface area contributed by atoms with Gasteiger partial charge in [-0.3, -0.25) is 4.79 Å². The molecule has 0 saturated carbocycles. The minimum Gasteiger partial charge on any atom is -0.497 e. The van der Waals surface area contributed by atoms with Crippen LogP contribution in [-0.4, -0.2) is 13.0 Å². The number of rotatable bonds is 6. The molecule has 3 heteroatoms. The normalized spacial score (nSPS) is 12.9.